The summed E-state index contributed by atoms with van der Waals surface area (Å²) in [6, 6.07) is 10.2. The molecule has 1 fully saturated rings. The molecule has 7 nitrogen and oxygen atoms in total. The largest absolute Gasteiger partial charge is 0.497 e. The van der Waals surface area contributed by atoms with Crippen molar-refractivity contribution >= 4 is 5.95 Å². The molecule has 0 bridgehead atoms. The van der Waals surface area contributed by atoms with Gasteiger partial charge in [-0.3, -0.25) is 9.58 Å². The lowest BCUT2D eigenvalue weighted by atomic mass is 9.96. The van der Waals surface area contributed by atoms with Crippen molar-refractivity contribution in [3.05, 3.63) is 54.1 Å². The zero-order valence-corrected chi connectivity index (χ0v) is 17.5. The lowest BCUT2D eigenvalue weighted by molar-refractivity contribution is 0.316. The van der Waals surface area contributed by atoms with Crippen LogP contribution in [0.4, 0.5) is 5.95 Å². The number of aryl methyl sites for hydroxylation is 1. The molecule has 0 saturated carbocycles. The zero-order chi connectivity index (χ0) is 20.4. The number of nitrogens with zero attached hydrogens (tertiary/aromatic N) is 6. The molecule has 0 spiro atoms. The summed E-state index contributed by atoms with van der Waals surface area (Å²) in [6.07, 6.45) is 4.91. The van der Waals surface area contributed by atoms with Crippen LogP contribution in [0.2, 0.25) is 0 Å². The van der Waals surface area contributed by atoms with E-state index in [1.807, 2.05) is 55.3 Å². The molecule has 1 saturated heterocycles. The van der Waals surface area contributed by atoms with Crippen molar-refractivity contribution in [3.8, 4) is 16.9 Å². The highest BCUT2D eigenvalue weighted by atomic mass is 16.5. The lowest BCUT2D eigenvalue weighted by Gasteiger charge is -2.19. The lowest BCUT2D eigenvalue weighted by Crippen LogP contribution is -2.22. The molecule has 0 radical (unpaired) electrons. The first-order valence-corrected chi connectivity index (χ1v) is 9.93. The van der Waals surface area contributed by atoms with Crippen LogP contribution in [0.25, 0.3) is 11.1 Å². The normalized spacial score (nSPS) is 16.9. The van der Waals surface area contributed by atoms with E-state index in [1.54, 1.807) is 7.11 Å². The Bertz CT molecular complexity index is 966. The van der Waals surface area contributed by atoms with Gasteiger partial charge in [0.15, 0.2) is 0 Å². The first kappa shape index (κ1) is 19.4. The van der Waals surface area contributed by atoms with Crippen molar-refractivity contribution in [3.63, 3.8) is 0 Å². The van der Waals surface area contributed by atoms with Gasteiger partial charge in [0, 0.05) is 58.1 Å². The van der Waals surface area contributed by atoms with Gasteiger partial charge in [-0.1, -0.05) is 12.1 Å². The second-order valence-corrected chi connectivity index (χ2v) is 7.76. The minimum atomic E-state index is 0.377. The average molecular weight is 393 g/mol. The number of rotatable bonds is 6. The summed E-state index contributed by atoms with van der Waals surface area (Å²) >= 11 is 0. The van der Waals surface area contributed by atoms with Crippen molar-refractivity contribution in [1.82, 2.24) is 24.6 Å². The number of hydrogen-bond acceptors (Lipinski definition) is 6. The summed E-state index contributed by atoms with van der Waals surface area (Å²) in [5.41, 5.74) is 4.58. The molecule has 152 valence electrons. The van der Waals surface area contributed by atoms with E-state index >= 15 is 0 Å². The van der Waals surface area contributed by atoms with E-state index < -0.39 is 0 Å². The molecule has 1 aromatic carbocycles. The molecule has 1 aliphatic rings. The Morgan fingerprint density at radius 1 is 1.17 bits per heavy atom. The maximum absolute atomic E-state index is 5.31. The minimum Gasteiger partial charge on any atom is -0.497 e. The fourth-order valence-corrected chi connectivity index (χ4v) is 3.89. The molecule has 7 heteroatoms. The van der Waals surface area contributed by atoms with E-state index in [-0.39, 0.29) is 0 Å². The molecule has 0 unspecified atom stereocenters. The fourth-order valence-electron chi connectivity index (χ4n) is 3.89. The predicted molar refractivity (Wildman–Crippen MR) is 114 cm³/mol. The zero-order valence-electron chi connectivity index (χ0n) is 17.5. The summed E-state index contributed by atoms with van der Waals surface area (Å²) < 4.78 is 7.26. The van der Waals surface area contributed by atoms with E-state index in [9.17, 15) is 0 Å². The smallest absolute Gasteiger partial charge is 0.225 e. The maximum atomic E-state index is 5.31. The third kappa shape index (κ3) is 4.10. The Balaban J connectivity index is 1.62. The van der Waals surface area contributed by atoms with Crippen LogP contribution >= 0.6 is 0 Å². The topological polar surface area (TPSA) is 59.3 Å². The number of benzene rings is 1. The van der Waals surface area contributed by atoms with E-state index in [0.29, 0.717) is 5.92 Å². The monoisotopic (exact) mass is 392 g/mol. The van der Waals surface area contributed by atoms with Gasteiger partial charge < -0.3 is 9.64 Å². The molecule has 0 N–H and O–H groups in total. The maximum Gasteiger partial charge on any atom is 0.225 e. The van der Waals surface area contributed by atoms with Crippen LogP contribution in [-0.2, 0) is 13.6 Å². The summed E-state index contributed by atoms with van der Waals surface area (Å²) in [5, 5.41) is 4.29. The molecule has 3 heterocycles. The Morgan fingerprint density at radius 2 is 1.97 bits per heavy atom. The Kier molecular flexibility index (Phi) is 5.49. The standard InChI is InChI=1S/C22H28N6O/c1-26(2)22-23-13-20(16-5-7-19(29-4)8-6-16)21(25-22)17-10-12-28(14-17)15-18-9-11-24-27(18)3/h5-9,11,13,17H,10,12,14-15H2,1-4H3/t17-/m1/s1. The molecule has 29 heavy (non-hydrogen) atoms. The number of hydrogen-bond donors (Lipinski definition) is 0. The van der Waals surface area contributed by atoms with Crippen molar-refractivity contribution in [1.29, 1.82) is 0 Å². The third-order valence-electron chi connectivity index (χ3n) is 5.57. The van der Waals surface area contributed by atoms with Crippen LogP contribution in [0.1, 0.15) is 23.7 Å². The molecular formula is C22H28N6O. The first-order valence-electron chi connectivity index (χ1n) is 9.93. The summed E-state index contributed by atoms with van der Waals surface area (Å²) in [4.78, 5) is 14.0. The molecule has 3 aromatic rings. The van der Waals surface area contributed by atoms with Crippen molar-refractivity contribution < 1.29 is 4.74 Å². The van der Waals surface area contributed by atoms with Crippen LogP contribution in [0.3, 0.4) is 0 Å². The molecule has 1 aliphatic heterocycles. The fraction of sp³-hybridized carbons (Fsp3) is 0.409. The van der Waals surface area contributed by atoms with E-state index in [1.165, 1.54) is 5.69 Å². The van der Waals surface area contributed by atoms with E-state index in [0.717, 1.165) is 54.6 Å². The second kappa shape index (κ2) is 8.21. The van der Waals surface area contributed by atoms with Gasteiger partial charge in [-0.05, 0) is 36.7 Å². The van der Waals surface area contributed by atoms with Crippen LogP contribution in [0, 0.1) is 0 Å². The molecule has 0 amide bonds. The first-order chi connectivity index (χ1) is 14.0. The SMILES string of the molecule is COc1ccc(-c2cnc(N(C)C)nc2[C@@H]2CCN(Cc3ccnn3C)C2)cc1. The van der Waals surface area contributed by atoms with Crippen LogP contribution in [0.15, 0.2) is 42.7 Å². The summed E-state index contributed by atoms with van der Waals surface area (Å²) in [7, 11) is 7.65. The van der Waals surface area contributed by atoms with Gasteiger partial charge >= 0.3 is 0 Å². The highest BCUT2D eigenvalue weighted by Gasteiger charge is 2.28. The molecular weight excluding hydrogens is 364 g/mol. The number of likely N-dealkylation sites (tertiary alicyclic amines) is 1. The van der Waals surface area contributed by atoms with Crippen LogP contribution in [0.5, 0.6) is 5.75 Å². The molecule has 0 aliphatic carbocycles. The number of aromatic nitrogens is 4. The minimum absolute atomic E-state index is 0.377. The summed E-state index contributed by atoms with van der Waals surface area (Å²) in [6.45, 7) is 2.95. The number of anilines is 1. The van der Waals surface area contributed by atoms with Crippen LogP contribution in [-0.4, -0.2) is 58.9 Å². The van der Waals surface area contributed by atoms with Gasteiger partial charge in [0.25, 0.3) is 0 Å². The molecule has 4 rings (SSSR count). The van der Waals surface area contributed by atoms with Gasteiger partial charge in [-0.2, -0.15) is 5.10 Å². The molecule has 1 atom stereocenters. The predicted octanol–water partition coefficient (Wildman–Crippen LogP) is 2.94. The van der Waals surface area contributed by atoms with Gasteiger partial charge in [0.1, 0.15) is 5.75 Å². The van der Waals surface area contributed by atoms with Gasteiger partial charge in [0.05, 0.1) is 18.5 Å². The van der Waals surface area contributed by atoms with Crippen LogP contribution < -0.4 is 9.64 Å². The Labute approximate surface area is 172 Å². The average Bonchev–Trinajstić information content (AvgIpc) is 3.37. The Hall–Kier alpha value is -2.93. The number of methoxy groups -OCH3 is 1. The number of ether oxygens (including phenoxy) is 1. The highest BCUT2D eigenvalue weighted by molar-refractivity contribution is 5.67. The van der Waals surface area contributed by atoms with E-state index in [4.69, 9.17) is 9.72 Å². The van der Waals surface area contributed by atoms with Gasteiger partial charge in [-0.15, -0.1) is 0 Å². The quantitative estimate of drug-likeness (QED) is 0.643. The summed E-state index contributed by atoms with van der Waals surface area (Å²) in [5.74, 6) is 1.98. The Morgan fingerprint density at radius 3 is 2.62 bits per heavy atom. The highest BCUT2D eigenvalue weighted by Crippen LogP contribution is 2.35. The van der Waals surface area contributed by atoms with Gasteiger partial charge in [0.2, 0.25) is 5.95 Å². The van der Waals surface area contributed by atoms with Crippen molar-refractivity contribution in [2.75, 3.05) is 39.2 Å². The van der Waals surface area contributed by atoms with E-state index in [2.05, 4.69) is 33.2 Å². The molecule has 2 aromatic heterocycles. The second-order valence-electron chi connectivity index (χ2n) is 7.76. The van der Waals surface area contributed by atoms with Crippen molar-refractivity contribution in [2.45, 2.75) is 18.9 Å². The van der Waals surface area contributed by atoms with Crippen molar-refractivity contribution in [2.24, 2.45) is 7.05 Å². The third-order valence-corrected chi connectivity index (χ3v) is 5.57. The van der Waals surface area contributed by atoms with Gasteiger partial charge in [-0.25, -0.2) is 9.97 Å².